The molecule has 0 heterocycles. The second-order valence-electron chi connectivity index (χ2n) is 18.8. The van der Waals surface area contributed by atoms with Gasteiger partial charge in [0.05, 0.1) is 11.4 Å². The third-order valence-corrected chi connectivity index (χ3v) is 14.6. The Kier molecular flexibility index (Phi) is 10.9. The van der Waals surface area contributed by atoms with E-state index in [2.05, 4.69) is 290 Å². The van der Waals surface area contributed by atoms with Gasteiger partial charge in [-0.15, -0.1) is 0 Å². The summed E-state index contributed by atoms with van der Waals surface area (Å²) in [4.78, 5) is 4.86. The van der Waals surface area contributed by atoms with E-state index in [4.69, 9.17) is 0 Å². The van der Waals surface area contributed by atoms with Crippen LogP contribution >= 0.6 is 0 Å². The lowest BCUT2D eigenvalue weighted by molar-refractivity contribution is 1.30. The molecule has 2 nitrogen and oxygen atoms in total. The van der Waals surface area contributed by atoms with Crippen LogP contribution in [0.5, 0.6) is 0 Å². The highest BCUT2D eigenvalue weighted by Crippen LogP contribution is 2.50. The van der Waals surface area contributed by atoms with Crippen LogP contribution in [0.1, 0.15) is 18.1 Å². The molecule has 73 heavy (non-hydrogen) atoms. The molecule has 2 heteroatoms. The van der Waals surface area contributed by atoms with Gasteiger partial charge in [-0.2, -0.15) is 0 Å². The van der Waals surface area contributed by atoms with Gasteiger partial charge in [0.25, 0.3) is 0 Å². The number of nitrogens with zero attached hydrogens (tertiary/aromatic N) is 2. The number of benzene rings is 13. The van der Waals surface area contributed by atoms with Crippen molar-refractivity contribution in [2.24, 2.45) is 0 Å². The first-order valence-corrected chi connectivity index (χ1v) is 25.1. The van der Waals surface area contributed by atoms with Gasteiger partial charge in [-0.25, -0.2) is 0 Å². The maximum Gasteiger partial charge on any atom is 0.0540 e. The van der Waals surface area contributed by atoms with Gasteiger partial charge in [0.2, 0.25) is 0 Å². The van der Waals surface area contributed by atoms with Crippen LogP contribution in [0.15, 0.2) is 267 Å². The molecule has 344 valence electrons. The monoisotopic (exact) mass is 930 g/mol. The van der Waals surface area contributed by atoms with Crippen LogP contribution in [0.2, 0.25) is 0 Å². The van der Waals surface area contributed by atoms with E-state index >= 15 is 0 Å². The van der Waals surface area contributed by atoms with Crippen molar-refractivity contribution in [3.63, 3.8) is 0 Å². The highest BCUT2D eigenvalue weighted by atomic mass is 15.1. The lowest BCUT2D eigenvalue weighted by Crippen LogP contribution is -2.11. The molecule has 13 aromatic rings. The van der Waals surface area contributed by atoms with E-state index in [1.54, 1.807) is 0 Å². The van der Waals surface area contributed by atoms with Gasteiger partial charge in [-0.3, -0.25) is 0 Å². The molecule has 0 unspecified atom stereocenters. The fourth-order valence-corrected chi connectivity index (χ4v) is 11.3. The zero-order valence-corrected chi connectivity index (χ0v) is 40.6. The van der Waals surface area contributed by atoms with Crippen molar-refractivity contribution in [3.8, 4) is 22.3 Å². The minimum absolute atomic E-state index is 1.08. The third kappa shape index (κ3) is 7.60. The third-order valence-electron chi connectivity index (χ3n) is 14.6. The molecule has 13 aromatic carbocycles. The van der Waals surface area contributed by atoms with Crippen LogP contribution in [0.3, 0.4) is 0 Å². The van der Waals surface area contributed by atoms with E-state index in [1.165, 1.54) is 86.9 Å². The molecule has 0 fully saturated rings. The van der Waals surface area contributed by atoms with Gasteiger partial charge in [0, 0.05) is 33.5 Å². The number of hydrogen-bond donors (Lipinski definition) is 0. The average molecular weight is 931 g/mol. The number of anilines is 6. The molecule has 13 rings (SSSR count). The maximum absolute atomic E-state index is 4.18. The number of hydrogen-bond acceptors (Lipinski definition) is 2. The molecule has 0 saturated carbocycles. The van der Waals surface area contributed by atoms with E-state index in [9.17, 15) is 0 Å². The topological polar surface area (TPSA) is 6.48 Å². The first-order valence-electron chi connectivity index (χ1n) is 25.1. The second kappa shape index (κ2) is 18.4. The van der Waals surface area contributed by atoms with E-state index in [-0.39, 0.29) is 0 Å². The fraction of sp³-hybridized carbons (Fsp3) is 0.0141. The van der Waals surface area contributed by atoms with Gasteiger partial charge in [0.15, 0.2) is 0 Å². The minimum atomic E-state index is 1.08. The minimum Gasteiger partial charge on any atom is -0.310 e. The number of para-hydroxylation sites is 2. The Bertz CT molecular complexity index is 4290. The summed E-state index contributed by atoms with van der Waals surface area (Å²) < 4.78 is 0. The Morgan fingerprint density at radius 3 is 1.32 bits per heavy atom. The summed E-state index contributed by atoms with van der Waals surface area (Å²) in [5, 5.41) is 14.3. The van der Waals surface area contributed by atoms with Gasteiger partial charge in [-0.1, -0.05) is 207 Å². The summed E-state index contributed by atoms with van der Waals surface area (Å²) >= 11 is 0. The van der Waals surface area contributed by atoms with Crippen LogP contribution in [0.25, 0.3) is 99.0 Å². The zero-order chi connectivity index (χ0) is 48.8. The summed E-state index contributed by atoms with van der Waals surface area (Å²) in [5.74, 6) is 0. The second-order valence-corrected chi connectivity index (χ2v) is 18.8. The van der Waals surface area contributed by atoms with Crippen LogP contribution in [0.4, 0.5) is 34.1 Å². The van der Waals surface area contributed by atoms with Crippen molar-refractivity contribution in [3.05, 3.63) is 279 Å². The summed E-state index contributed by atoms with van der Waals surface area (Å²) in [5.41, 5.74) is 13.6. The molecule has 0 N–H and O–H groups in total. The van der Waals surface area contributed by atoms with E-state index < -0.39 is 0 Å². The predicted molar refractivity (Wildman–Crippen MR) is 317 cm³/mol. The van der Waals surface area contributed by atoms with E-state index in [0.29, 0.717) is 0 Å². The Labute approximate surface area is 426 Å². The molecule has 0 bridgehead atoms. The maximum atomic E-state index is 4.18. The van der Waals surface area contributed by atoms with Crippen LogP contribution in [0, 0.1) is 0 Å². The first-order chi connectivity index (χ1) is 36.1. The van der Waals surface area contributed by atoms with Gasteiger partial charge in [-0.05, 0) is 167 Å². The quantitative estimate of drug-likeness (QED) is 0.126. The molecule has 0 aliphatic rings. The molecule has 0 amide bonds. The fourth-order valence-electron chi connectivity index (χ4n) is 11.3. The lowest BCUT2D eigenvalue weighted by Gasteiger charge is -2.29. The van der Waals surface area contributed by atoms with Crippen molar-refractivity contribution in [1.29, 1.82) is 0 Å². The molecule has 0 radical (unpaired) electrons. The van der Waals surface area contributed by atoms with Gasteiger partial charge < -0.3 is 9.80 Å². The van der Waals surface area contributed by atoms with Crippen LogP contribution in [-0.2, 0) is 0 Å². The highest BCUT2D eigenvalue weighted by molar-refractivity contribution is 6.24. The predicted octanol–water partition coefficient (Wildman–Crippen LogP) is 20.6. The summed E-state index contributed by atoms with van der Waals surface area (Å²) in [6, 6.07) is 93.7. The Morgan fingerprint density at radius 2 is 0.767 bits per heavy atom. The summed E-state index contributed by atoms with van der Waals surface area (Å²) in [6.45, 7) is 6.26. The standard InChI is InChI=1S/C71H50N2/c1-3-19-60-48(4-2)34-36-53-45-55(38-41-61(53)60)71-65-43-40-58(72(56-26-7-5-8-27-56)68-32-17-24-50-21-13-15-30-62(50)68)46-66(65)70(54-37-35-49-20-11-12-23-52(49)44-54)64-42-39-59(47-67(64)71)73(57-28-9-6-10-29-57)69-33-18-25-51-22-14-16-31-63(51)69/h3-47H,2H2,1H3/b19-3-. The smallest absolute Gasteiger partial charge is 0.0540 e. The molecular weight excluding hydrogens is 881 g/mol. The zero-order valence-electron chi connectivity index (χ0n) is 40.6. The Hall–Kier alpha value is -9.50. The molecule has 0 aromatic heterocycles. The van der Waals surface area contributed by atoms with Crippen molar-refractivity contribution in [2.45, 2.75) is 6.92 Å². The SMILES string of the molecule is C=Cc1ccc2cc(-c3c4ccc(N(c5ccccc5)c5cccc6ccccc56)cc4c(-c4ccc5ccccc5c4)c4ccc(N(c5ccccc5)c5cccc6ccccc56)cc34)ccc2c1/C=C\C. The van der Waals surface area contributed by atoms with Crippen molar-refractivity contribution < 1.29 is 0 Å². The van der Waals surface area contributed by atoms with Crippen molar-refractivity contribution >= 4 is 111 Å². The largest absolute Gasteiger partial charge is 0.310 e. The van der Waals surface area contributed by atoms with E-state index in [0.717, 1.165) is 45.3 Å². The first kappa shape index (κ1) is 43.5. The average Bonchev–Trinajstić information content (AvgIpc) is 3.45. The molecule has 0 atom stereocenters. The van der Waals surface area contributed by atoms with Gasteiger partial charge in [0.1, 0.15) is 0 Å². The normalized spacial score (nSPS) is 11.6. The van der Waals surface area contributed by atoms with Gasteiger partial charge >= 0.3 is 0 Å². The number of allylic oxidation sites excluding steroid dienone is 1. The van der Waals surface area contributed by atoms with Crippen molar-refractivity contribution in [2.75, 3.05) is 9.80 Å². The van der Waals surface area contributed by atoms with Crippen LogP contribution in [-0.4, -0.2) is 0 Å². The molecule has 0 saturated heterocycles. The Morgan fingerprint density at radius 1 is 0.315 bits per heavy atom. The van der Waals surface area contributed by atoms with Crippen LogP contribution < -0.4 is 9.80 Å². The summed E-state index contributed by atoms with van der Waals surface area (Å²) in [6.07, 6.45) is 6.28. The van der Waals surface area contributed by atoms with Crippen molar-refractivity contribution in [1.82, 2.24) is 0 Å². The molecule has 0 aliphatic heterocycles. The molecular formula is C71H50N2. The van der Waals surface area contributed by atoms with E-state index in [1.807, 2.05) is 6.08 Å². The Balaban J connectivity index is 1.16. The number of fused-ring (bicyclic) bond motifs is 6. The molecule has 0 aliphatic carbocycles. The summed E-state index contributed by atoms with van der Waals surface area (Å²) in [7, 11) is 0. The number of rotatable bonds is 10. The highest BCUT2D eigenvalue weighted by Gasteiger charge is 2.24. The lowest BCUT2D eigenvalue weighted by atomic mass is 9.84. The molecule has 0 spiro atoms.